The Kier molecular flexibility index (Phi) is 6.84. The molecule has 4 rings (SSSR count). The van der Waals surface area contributed by atoms with Gasteiger partial charge in [-0.15, -0.1) is 0 Å². The molecule has 0 saturated carbocycles. The van der Waals surface area contributed by atoms with E-state index in [1.165, 1.54) is 18.3 Å². The van der Waals surface area contributed by atoms with Gasteiger partial charge in [-0.05, 0) is 29.8 Å². The molecule has 8 nitrogen and oxygen atoms in total. The number of carbonyl (C=O) groups is 1. The minimum absolute atomic E-state index is 0.0650. The fraction of sp³-hybridized carbons (Fsp3) is 0.280. The Morgan fingerprint density at radius 2 is 1.82 bits per heavy atom. The third-order valence-corrected chi connectivity index (χ3v) is 7.40. The topological polar surface area (TPSA) is 95.6 Å². The number of benzene rings is 2. The Labute approximate surface area is 199 Å². The van der Waals surface area contributed by atoms with Crippen molar-refractivity contribution >= 4 is 26.7 Å². The monoisotopic (exact) mass is 478 g/mol. The summed E-state index contributed by atoms with van der Waals surface area (Å²) in [7, 11) is -0.714. The molecule has 176 valence electrons. The molecule has 0 unspecified atom stereocenters. The van der Waals surface area contributed by atoms with Crippen molar-refractivity contribution < 1.29 is 17.9 Å². The molecule has 0 spiro atoms. The lowest BCUT2D eigenvalue weighted by Gasteiger charge is -2.26. The lowest BCUT2D eigenvalue weighted by atomic mass is 10.1. The number of Topliss-reactive ketones (excluding diaryl/α,β-unsaturated/α-hetero) is 1. The smallest absolute Gasteiger partial charge is 0.268 e. The van der Waals surface area contributed by atoms with E-state index in [-0.39, 0.29) is 16.2 Å². The van der Waals surface area contributed by atoms with Gasteiger partial charge < -0.3 is 9.64 Å². The molecular weight excluding hydrogens is 452 g/mol. The van der Waals surface area contributed by atoms with Crippen LogP contribution in [-0.2, 0) is 21.3 Å². The van der Waals surface area contributed by atoms with Crippen molar-refractivity contribution in [3.05, 3.63) is 77.6 Å². The van der Waals surface area contributed by atoms with Gasteiger partial charge in [-0.1, -0.05) is 30.3 Å². The van der Waals surface area contributed by atoms with Crippen LogP contribution in [0.4, 0.5) is 0 Å². The summed E-state index contributed by atoms with van der Waals surface area (Å²) in [6, 6.07) is 16.9. The number of rotatable bonds is 7. The number of allylic oxidation sites excluding steroid dienone is 1. The molecule has 0 bridgehead atoms. The summed E-state index contributed by atoms with van der Waals surface area (Å²) in [6.07, 6.45) is 1.40. The van der Waals surface area contributed by atoms with Crippen LogP contribution in [0.5, 0.6) is 0 Å². The molecule has 0 aliphatic carbocycles. The molecule has 1 saturated heterocycles. The van der Waals surface area contributed by atoms with Crippen molar-refractivity contribution in [2.24, 2.45) is 0 Å². The predicted octanol–water partition coefficient (Wildman–Crippen LogP) is 2.86. The van der Waals surface area contributed by atoms with Crippen molar-refractivity contribution in [3.8, 4) is 6.07 Å². The number of nitrogens with zero attached hydrogens (tertiary/aromatic N) is 4. The number of ketones is 1. The van der Waals surface area contributed by atoms with Crippen LogP contribution in [0.3, 0.4) is 0 Å². The second kappa shape index (κ2) is 9.81. The maximum Gasteiger partial charge on any atom is 0.268 e. The van der Waals surface area contributed by atoms with Gasteiger partial charge in [0.25, 0.3) is 10.0 Å². The van der Waals surface area contributed by atoms with Gasteiger partial charge in [0.15, 0.2) is 0 Å². The Morgan fingerprint density at radius 3 is 2.47 bits per heavy atom. The summed E-state index contributed by atoms with van der Waals surface area (Å²) in [5.41, 5.74) is 1.10. The van der Waals surface area contributed by atoms with Gasteiger partial charge in [-0.25, -0.2) is 12.4 Å². The zero-order chi connectivity index (χ0) is 24.3. The normalized spacial score (nSPS) is 15.3. The third-order valence-electron chi connectivity index (χ3n) is 5.66. The molecule has 1 aliphatic rings. The number of fused-ring (bicyclic) bond motifs is 1. The Bertz CT molecular complexity index is 1380. The lowest BCUT2D eigenvalue weighted by Crippen LogP contribution is -2.35. The molecule has 1 aromatic heterocycles. The second-order valence-corrected chi connectivity index (χ2v) is 10.1. The van der Waals surface area contributed by atoms with Gasteiger partial charge in [0.1, 0.15) is 17.3 Å². The van der Waals surface area contributed by atoms with Gasteiger partial charge in [0.05, 0.1) is 23.6 Å². The van der Waals surface area contributed by atoms with Gasteiger partial charge in [0.2, 0.25) is 5.78 Å². The van der Waals surface area contributed by atoms with Crippen LogP contribution in [0.25, 0.3) is 10.9 Å². The highest BCUT2D eigenvalue weighted by molar-refractivity contribution is 7.90. The molecule has 2 aromatic carbocycles. The Hall–Kier alpha value is -3.45. The summed E-state index contributed by atoms with van der Waals surface area (Å²) in [5.74, 6) is -0.649. The molecule has 3 aromatic rings. The van der Waals surface area contributed by atoms with Crippen LogP contribution < -0.4 is 0 Å². The molecular formula is C25H26N4O4S. The fourth-order valence-corrected chi connectivity index (χ4v) is 5.58. The van der Waals surface area contributed by atoms with Crippen LogP contribution >= 0.6 is 0 Å². The number of morpholine rings is 1. The van der Waals surface area contributed by atoms with E-state index in [9.17, 15) is 18.5 Å². The number of ether oxygens (including phenoxy) is 1. The highest BCUT2D eigenvalue weighted by Gasteiger charge is 2.29. The summed E-state index contributed by atoms with van der Waals surface area (Å²) < 4.78 is 34.0. The van der Waals surface area contributed by atoms with Crippen LogP contribution in [0.2, 0.25) is 0 Å². The highest BCUT2D eigenvalue weighted by Crippen LogP contribution is 2.30. The summed E-state index contributed by atoms with van der Waals surface area (Å²) >= 11 is 0. The predicted molar refractivity (Wildman–Crippen MR) is 129 cm³/mol. The second-order valence-electron chi connectivity index (χ2n) is 8.30. The SMILES string of the molecule is CN(C)/C=C(/C#N)C(=O)c1cc2c(CN3CCOCC3)cccc2n1S(=O)(=O)c1ccccc1. The summed E-state index contributed by atoms with van der Waals surface area (Å²) in [6.45, 7) is 3.43. The highest BCUT2D eigenvalue weighted by atomic mass is 32.2. The van der Waals surface area contributed by atoms with Crippen molar-refractivity contribution in [1.82, 2.24) is 13.8 Å². The minimum Gasteiger partial charge on any atom is -0.382 e. The van der Waals surface area contributed by atoms with E-state index in [2.05, 4.69) is 4.90 Å². The maximum absolute atomic E-state index is 13.7. The number of carbonyl (C=O) groups excluding carboxylic acids is 1. The summed E-state index contributed by atoms with van der Waals surface area (Å²) in [5, 5.41) is 10.3. The van der Waals surface area contributed by atoms with Crippen LogP contribution in [0, 0.1) is 11.3 Å². The molecule has 0 radical (unpaired) electrons. The first kappa shape index (κ1) is 23.7. The van der Waals surface area contributed by atoms with Crippen LogP contribution in [0.15, 0.2) is 71.3 Å². The molecule has 1 aliphatic heterocycles. The van der Waals surface area contributed by atoms with Crippen molar-refractivity contribution in [3.63, 3.8) is 0 Å². The quantitative estimate of drug-likeness (QED) is 0.293. The largest absolute Gasteiger partial charge is 0.382 e. The van der Waals surface area contributed by atoms with E-state index in [0.29, 0.717) is 30.7 Å². The first-order valence-corrected chi connectivity index (χ1v) is 12.3. The van der Waals surface area contributed by atoms with E-state index in [1.54, 1.807) is 55.4 Å². The molecule has 9 heteroatoms. The average molecular weight is 479 g/mol. The number of hydrogen-bond acceptors (Lipinski definition) is 7. The van der Waals surface area contributed by atoms with Crippen molar-refractivity contribution in [2.45, 2.75) is 11.4 Å². The lowest BCUT2D eigenvalue weighted by molar-refractivity contribution is 0.0344. The number of nitriles is 1. The van der Waals surface area contributed by atoms with E-state index in [0.717, 1.165) is 22.6 Å². The zero-order valence-electron chi connectivity index (χ0n) is 19.1. The molecule has 1 fully saturated rings. The fourth-order valence-electron chi connectivity index (χ4n) is 4.06. The van der Waals surface area contributed by atoms with E-state index >= 15 is 0 Å². The maximum atomic E-state index is 13.7. The standard InChI is InChI=1S/C25H26N4O4S/c1-27(2)17-20(16-26)25(30)24-15-22-19(18-28-11-13-33-14-12-28)7-6-10-23(22)29(24)34(31,32)21-8-4-3-5-9-21/h3-10,15,17H,11-14,18H2,1-2H3/b20-17-. The number of hydrogen-bond donors (Lipinski definition) is 0. The first-order valence-electron chi connectivity index (χ1n) is 10.9. The Balaban J connectivity index is 1.94. The minimum atomic E-state index is -4.11. The van der Waals surface area contributed by atoms with Gasteiger partial charge in [-0.2, -0.15) is 5.26 Å². The number of aromatic nitrogens is 1. The summed E-state index contributed by atoms with van der Waals surface area (Å²) in [4.78, 5) is 17.3. The molecule has 0 amide bonds. The zero-order valence-corrected chi connectivity index (χ0v) is 20.0. The Morgan fingerprint density at radius 1 is 1.12 bits per heavy atom. The van der Waals surface area contributed by atoms with Gasteiger partial charge in [-0.3, -0.25) is 9.69 Å². The van der Waals surface area contributed by atoms with Gasteiger partial charge >= 0.3 is 0 Å². The van der Waals surface area contributed by atoms with Gasteiger partial charge in [0, 0.05) is 45.3 Å². The molecule has 0 atom stereocenters. The van der Waals surface area contributed by atoms with Crippen molar-refractivity contribution in [2.75, 3.05) is 40.4 Å². The molecule has 2 heterocycles. The first-order chi connectivity index (χ1) is 16.3. The van der Waals surface area contributed by atoms with E-state index < -0.39 is 15.8 Å². The molecule has 0 N–H and O–H groups in total. The van der Waals surface area contributed by atoms with E-state index in [1.807, 2.05) is 12.1 Å². The molecule has 34 heavy (non-hydrogen) atoms. The van der Waals surface area contributed by atoms with Crippen LogP contribution in [0.1, 0.15) is 16.1 Å². The van der Waals surface area contributed by atoms with Crippen molar-refractivity contribution in [1.29, 1.82) is 5.26 Å². The average Bonchev–Trinajstić information content (AvgIpc) is 3.25. The third kappa shape index (κ3) is 4.61. The van der Waals surface area contributed by atoms with E-state index in [4.69, 9.17) is 4.74 Å². The van der Waals surface area contributed by atoms with Crippen LogP contribution in [-0.4, -0.2) is 68.4 Å².